The molecule has 0 saturated heterocycles. The van der Waals surface area contributed by atoms with Crippen molar-refractivity contribution in [3.8, 4) is 5.75 Å². The summed E-state index contributed by atoms with van der Waals surface area (Å²) in [6.45, 7) is 1.92. The molecule has 0 aliphatic rings. The van der Waals surface area contributed by atoms with Gasteiger partial charge in [0.1, 0.15) is 11.9 Å². The van der Waals surface area contributed by atoms with Gasteiger partial charge in [0.15, 0.2) is 0 Å². The van der Waals surface area contributed by atoms with Gasteiger partial charge < -0.3 is 10.5 Å². The highest BCUT2D eigenvalue weighted by atomic mass is 79.9. The van der Waals surface area contributed by atoms with Crippen LogP contribution in [-0.4, -0.2) is 6.04 Å². The monoisotopic (exact) mass is 417 g/mol. The highest BCUT2D eigenvalue weighted by molar-refractivity contribution is 9.11. The van der Waals surface area contributed by atoms with Crippen LogP contribution >= 0.6 is 43.5 Å². The summed E-state index contributed by atoms with van der Waals surface area (Å²) in [5.41, 5.74) is 7.01. The van der Waals surface area contributed by atoms with E-state index in [1.165, 1.54) is 0 Å². The lowest BCUT2D eigenvalue weighted by atomic mass is 10.0. The summed E-state index contributed by atoms with van der Waals surface area (Å²) in [6.07, 6.45) is -0.258. The number of ether oxygens (including phenoxy) is 1. The Balaban J connectivity index is 2.30. The molecule has 0 aliphatic carbocycles. The third-order valence-electron chi connectivity index (χ3n) is 2.80. The minimum absolute atomic E-state index is 0.163. The molecule has 5 heteroatoms. The van der Waals surface area contributed by atoms with Crippen molar-refractivity contribution in [2.75, 3.05) is 0 Å². The van der Waals surface area contributed by atoms with E-state index in [-0.39, 0.29) is 12.1 Å². The summed E-state index contributed by atoms with van der Waals surface area (Å²) in [5, 5.41) is 0.673. The summed E-state index contributed by atoms with van der Waals surface area (Å²) in [6, 6.07) is 13.2. The topological polar surface area (TPSA) is 35.2 Å². The van der Waals surface area contributed by atoms with Gasteiger partial charge in [0, 0.05) is 15.5 Å². The van der Waals surface area contributed by atoms with Gasteiger partial charge in [0.2, 0.25) is 0 Å². The molecule has 0 fully saturated rings. The van der Waals surface area contributed by atoms with E-state index in [2.05, 4.69) is 31.9 Å². The normalized spacial score (nSPS) is 13.8. The van der Waals surface area contributed by atoms with E-state index in [9.17, 15) is 0 Å². The molecule has 20 heavy (non-hydrogen) atoms. The van der Waals surface area contributed by atoms with Gasteiger partial charge in [-0.2, -0.15) is 0 Å². The van der Waals surface area contributed by atoms with Gasteiger partial charge in [-0.05, 0) is 58.7 Å². The fourth-order valence-corrected chi connectivity index (χ4v) is 3.21. The predicted molar refractivity (Wildman–Crippen MR) is 90.3 cm³/mol. The average Bonchev–Trinajstić information content (AvgIpc) is 2.37. The second-order valence-electron chi connectivity index (χ2n) is 4.53. The van der Waals surface area contributed by atoms with Crippen LogP contribution in [0.15, 0.2) is 51.4 Å². The van der Waals surface area contributed by atoms with E-state index in [1.807, 2.05) is 49.4 Å². The Morgan fingerprint density at radius 1 is 1.15 bits per heavy atom. The van der Waals surface area contributed by atoms with Gasteiger partial charge >= 0.3 is 0 Å². The second kappa shape index (κ2) is 6.94. The minimum atomic E-state index is -0.258. The van der Waals surface area contributed by atoms with Crippen LogP contribution in [0.1, 0.15) is 18.6 Å². The molecular weight excluding hydrogens is 405 g/mol. The third-order valence-corrected chi connectivity index (χ3v) is 4.15. The quantitative estimate of drug-likeness (QED) is 0.727. The molecule has 0 aliphatic heterocycles. The maximum atomic E-state index is 6.05. The number of nitrogens with two attached hydrogens (primary N) is 1. The molecule has 0 amide bonds. The van der Waals surface area contributed by atoms with Crippen molar-refractivity contribution in [3.63, 3.8) is 0 Å². The zero-order valence-corrected chi connectivity index (χ0v) is 14.7. The minimum Gasteiger partial charge on any atom is -0.483 e. The van der Waals surface area contributed by atoms with Gasteiger partial charge in [0.25, 0.3) is 0 Å². The molecule has 2 aromatic carbocycles. The van der Waals surface area contributed by atoms with Crippen LogP contribution < -0.4 is 10.5 Å². The lowest BCUT2D eigenvalue weighted by Gasteiger charge is -2.24. The fourth-order valence-electron chi connectivity index (χ4n) is 1.87. The summed E-state index contributed by atoms with van der Waals surface area (Å²) < 4.78 is 7.91. The average molecular weight is 420 g/mol. The first-order chi connectivity index (χ1) is 9.47. The third kappa shape index (κ3) is 3.98. The van der Waals surface area contributed by atoms with E-state index in [0.717, 1.165) is 20.3 Å². The highest BCUT2D eigenvalue weighted by Crippen LogP contribution is 2.33. The van der Waals surface area contributed by atoms with Crippen LogP contribution in [0, 0.1) is 0 Å². The van der Waals surface area contributed by atoms with Crippen molar-refractivity contribution < 1.29 is 4.74 Å². The molecule has 2 N–H and O–H groups in total. The summed E-state index contributed by atoms with van der Waals surface area (Å²) in [5.74, 6) is 0.746. The first kappa shape index (κ1) is 15.8. The van der Waals surface area contributed by atoms with E-state index in [4.69, 9.17) is 22.1 Å². The van der Waals surface area contributed by atoms with Crippen LogP contribution in [0.5, 0.6) is 5.75 Å². The lowest BCUT2D eigenvalue weighted by Crippen LogP contribution is -2.29. The molecule has 2 nitrogen and oxygen atoms in total. The van der Waals surface area contributed by atoms with Crippen LogP contribution in [0.3, 0.4) is 0 Å². The molecule has 0 radical (unpaired) electrons. The molecule has 0 spiro atoms. The number of hydrogen-bond acceptors (Lipinski definition) is 2. The van der Waals surface area contributed by atoms with Crippen molar-refractivity contribution in [1.29, 1.82) is 0 Å². The van der Waals surface area contributed by atoms with E-state index in [1.54, 1.807) is 0 Å². The predicted octanol–water partition coefficient (Wildman–Crippen LogP) is 5.33. The molecule has 2 unspecified atom stereocenters. The molecule has 0 aromatic heterocycles. The van der Waals surface area contributed by atoms with Crippen LogP contribution in [0.25, 0.3) is 0 Å². The molecule has 2 rings (SSSR count). The summed E-state index contributed by atoms with van der Waals surface area (Å²) >= 11 is 12.9. The summed E-state index contributed by atoms with van der Waals surface area (Å²) in [7, 11) is 0. The van der Waals surface area contributed by atoms with Crippen LogP contribution in [0.4, 0.5) is 0 Å². The van der Waals surface area contributed by atoms with Gasteiger partial charge in [0.05, 0.1) is 4.47 Å². The molecule has 2 atom stereocenters. The Hall–Kier alpha value is -0.550. The van der Waals surface area contributed by atoms with Crippen molar-refractivity contribution in [2.24, 2.45) is 5.73 Å². The molecule has 0 heterocycles. The number of benzene rings is 2. The second-order valence-corrected chi connectivity index (χ2v) is 6.73. The Morgan fingerprint density at radius 2 is 1.90 bits per heavy atom. The van der Waals surface area contributed by atoms with Gasteiger partial charge in [-0.3, -0.25) is 0 Å². The Kier molecular flexibility index (Phi) is 5.49. The largest absolute Gasteiger partial charge is 0.483 e. The first-order valence-electron chi connectivity index (χ1n) is 6.10. The number of rotatable bonds is 4. The van der Waals surface area contributed by atoms with Crippen molar-refractivity contribution in [1.82, 2.24) is 0 Å². The van der Waals surface area contributed by atoms with Gasteiger partial charge in [-0.25, -0.2) is 0 Å². The van der Waals surface area contributed by atoms with E-state index in [0.29, 0.717) is 5.02 Å². The SMILES string of the molecule is CC(N)C(Oc1ccc(Br)cc1Br)c1cccc(Cl)c1. The Bertz CT molecular complexity index is 604. The molecular formula is C15H14Br2ClNO. The van der Waals surface area contributed by atoms with E-state index >= 15 is 0 Å². The van der Waals surface area contributed by atoms with Crippen molar-refractivity contribution in [2.45, 2.75) is 19.1 Å². The smallest absolute Gasteiger partial charge is 0.139 e. The fraction of sp³-hybridized carbons (Fsp3) is 0.200. The highest BCUT2D eigenvalue weighted by Gasteiger charge is 2.19. The maximum absolute atomic E-state index is 6.05. The van der Waals surface area contributed by atoms with Gasteiger partial charge in [-0.1, -0.05) is 39.7 Å². The molecule has 0 saturated carbocycles. The Labute approximate surface area is 140 Å². The standard InChI is InChI=1S/C15H14Br2ClNO/c1-9(19)15(10-3-2-4-12(18)7-10)20-14-6-5-11(16)8-13(14)17/h2-9,15H,19H2,1H3. The van der Waals surface area contributed by atoms with Crippen molar-refractivity contribution in [3.05, 3.63) is 62.0 Å². The summed E-state index contributed by atoms with van der Waals surface area (Å²) in [4.78, 5) is 0. The first-order valence-corrected chi connectivity index (χ1v) is 8.06. The number of hydrogen-bond donors (Lipinski definition) is 1. The Morgan fingerprint density at radius 3 is 2.50 bits per heavy atom. The molecule has 106 valence electrons. The van der Waals surface area contributed by atoms with Crippen molar-refractivity contribution >= 4 is 43.5 Å². The van der Waals surface area contributed by atoms with Crippen LogP contribution in [-0.2, 0) is 0 Å². The zero-order valence-electron chi connectivity index (χ0n) is 10.8. The van der Waals surface area contributed by atoms with Gasteiger partial charge in [-0.15, -0.1) is 0 Å². The number of halogens is 3. The van der Waals surface area contributed by atoms with E-state index < -0.39 is 0 Å². The maximum Gasteiger partial charge on any atom is 0.139 e. The zero-order chi connectivity index (χ0) is 14.7. The van der Waals surface area contributed by atoms with Crippen LogP contribution in [0.2, 0.25) is 5.02 Å². The molecule has 0 bridgehead atoms. The molecule has 2 aromatic rings. The lowest BCUT2D eigenvalue weighted by molar-refractivity contribution is 0.179.